The Kier molecular flexibility index (Phi) is 4.71. The van der Waals surface area contributed by atoms with Crippen LogP contribution in [-0.2, 0) is 4.74 Å². The van der Waals surface area contributed by atoms with Crippen molar-refractivity contribution in [2.75, 3.05) is 31.7 Å². The molecule has 5 rings (SSSR count). The number of aromatic nitrogens is 1. The van der Waals surface area contributed by atoms with E-state index in [-0.39, 0.29) is 11.9 Å². The average molecular weight is 424 g/mol. The molecule has 0 amide bonds. The summed E-state index contributed by atoms with van der Waals surface area (Å²) in [5, 5.41) is 1.71. The second-order valence-corrected chi connectivity index (χ2v) is 7.96. The highest BCUT2D eigenvalue weighted by atomic mass is 32.1. The molecule has 0 spiro atoms. The van der Waals surface area contributed by atoms with Gasteiger partial charge in [-0.1, -0.05) is 29.5 Å². The summed E-state index contributed by atoms with van der Waals surface area (Å²) in [5.41, 5.74) is 1.41. The molecular weight excluding hydrogens is 404 g/mol. The predicted octanol–water partition coefficient (Wildman–Crippen LogP) is 4.50. The zero-order valence-corrected chi connectivity index (χ0v) is 17.4. The smallest absolute Gasteiger partial charge is 0.374 e. The zero-order chi connectivity index (χ0) is 20.7. The minimum Gasteiger partial charge on any atom is -0.494 e. The van der Waals surface area contributed by atoms with Gasteiger partial charge in [0.15, 0.2) is 16.5 Å². The molecule has 0 saturated carbocycles. The van der Waals surface area contributed by atoms with Gasteiger partial charge in [-0.3, -0.25) is 0 Å². The Bertz CT molecular complexity index is 1220. The van der Waals surface area contributed by atoms with E-state index in [1.54, 1.807) is 24.5 Å². The molecule has 1 fully saturated rings. The first-order chi connectivity index (χ1) is 14.7. The third-order valence-corrected chi connectivity index (χ3v) is 6.07. The number of benzene rings is 2. The van der Waals surface area contributed by atoms with Crippen LogP contribution in [0.25, 0.3) is 21.2 Å². The number of methoxy groups -OCH3 is 1. The van der Waals surface area contributed by atoms with Crippen molar-refractivity contribution in [3.05, 3.63) is 48.2 Å². The minimum absolute atomic E-state index is 0.181. The number of esters is 1. The van der Waals surface area contributed by atoms with E-state index in [0.29, 0.717) is 31.0 Å². The molecule has 4 aromatic rings. The van der Waals surface area contributed by atoms with Gasteiger partial charge >= 0.3 is 5.97 Å². The number of hydrogen-bond acceptors (Lipinski definition) is 8. The molecule has 2 aromatic heterocycles. The first kappa shape index (κ1) is 18.7. The van der Waals surface area contributed by atoms with Gasteiger partial charge in [0.1, 0.15) is 17.4 Å². The van der Waals surface area contributed by atoms with Crippen LogP contribution in [0.3, 0.4) is 0 Å². The van der Waals surface area contributed by atoms with E-state index < -0.39 is 5.97 Å². The molecule has 0 aliphatic carbocycles. The number of para-hydroxylation sites is 2. The molecule has 0 bridgehead atoms. The first-order valence-electron chi connectivity index (χ1n) is 9.71. The summed E-state index contributed by atoms with van der Waals surface area (Å²) in [6.07, 6.45) is -0.203. The van der Waals surface area contributed by atoms with Gasteiger partial charge in [0, 0.05) is 5.39 Å². The number of ether oxygens (including phenoxy) is 3. The highest BCUT2D eigenvalue weighted by Crippen LogP contribution is 2.36. The van der Waals surface area contributed by atoms with E-state index in [0.717, 1.165) is 26.5 Å². The van der Waals surface area contributed by atoms with E-state index in [1.807, 2.05) is 43.3 Å². The first-order valence-corrected chi connectivity index (χ1v) is 10.5. The maximum absolute atomic E-state index is 12.5. The molecule has 3 heterocycles. The van der Waals surface area contributed by atoms with E-state index in [1.165, 1.54) is 0 Å². The number of carbonyl (C=O) groups is 1. The summed E-state index contributed by atoms with van der Waals surface area (Å²) >= 11 is 1.60. The monoisotopic (exact) mass is 424 g/mol. The molecule has 1 saturated heterocycles. The summed E-state index contributed by atoms with van der Waals surface area (Å²) in [7, 11) is 1.64. The number of furan rings is 1. The Morgan fingerprint density at radius 2 is 2.03 bits per heavy atom. The average Bonchev–Trinajstić information content (AvgIpc) is 3.34. The number of hydrogen-bond donors (Lipinski definition) is 0. The van der Waals surface area contributed by atoms with Crippen LogP contribution in [0.5, 0.6) is 11.5 Å². The molecule has 1 aliphatic heterocycles. The van der Waals surface area contributed by atoms with E-state index >= 15 is 0 Å². The lowest BCUT2D eigenvalue weighted by atomic mass is 10.2. The Labute approximate surface area is 176 Å². The third kappa shape index (κ3) is 3.23. The lowest BCUT2D eigenvalue weighted by molar-refractivity contribution is 0.0202. The molecule has 1 aliphatic rings. The Balaban J connectivity index is 1.26. The van der Waals surface area contributed by atoms with E-state index in [9.17, 15) is 4.79 Å². The normalized spacial score (nSPS) is 14.1. The zero-order valence-electron chi connectivity index (χ0n) is 16.6. The van der Waals surface area contributed by atoms with Gasteiger partial charge in [0.2, 0.25) is 5.76 Å². The lowest BCUT2D eigenvalue weighted by Gasteiger charge is -2.37. The van der Waals surface area contributed by atoms with Crippen LogP contribution in [0.2, 0.25) is 0 Å². The van der Waals surface area contributed by atoms with E-state index in [4.69, 9.17) is 18.6 Å². The summed E-state index contributed by atoms with van der Waals surface area (Å²) in [5.74, 6) is 1.09. The van der Waals surface area contributed by atoms with Crippen LogP contribution < -0.4 is 14.4 Å². The number of carbonyl (C=O) groups excluding carboxylic acids is 1. The van der Waals surface area contributed by atoms with Crippen LogP contribution in [-0.4, -0.2) is 43.9 Å². The fraction of sp³-hybridized carbons (Fsp3) is 0.273. The fourth-order valence-corrected chi connectivity index (χ4v) is 4.50. The third-order valence-electron chi connectivity index (χ3n) is 4.99. The molecule has 0 N–H and O–H groups in total. The van der Waals surface area contributed by atoms with Gasteiger partial charge < -0.3 is 23.5 Å². The number of nitrogens with zero attached hydrogens (tertiary/aromatic N) is 2. The van der Waals surface area contributed by atoms with Gasteiger partial charge in [-0.15, -0.1) is 0 Å². The van der Waals surface area contributed by atoms with Crippen LogP contribution in [0.15, 0.2) is 46.9 Å². The predicted molar refractivity (Wildman–Crippen MR) is 115 cm³/mol. The van der Waals surface area contributed by atoms with Crippen molar-refractivity contribution in [3.63, 3.8) is 0 Å². The standard InChI is InChI=1S/C22H20N2O5S/c1-3-27-16-8-4-6-13-10-17(29-20(13)16)21(25)28-14-11-24(12-14)22-23-19-15(26-2)7-5-9-18(19)30-22/h4-10,14H,3,11-12H2,1-2H3. The van der Waals surface area contributed by atoms with Gasteiger partial charge in [-0.05, 0) is 31.2 Å². The van der Waals surface area contributed by atoms with Gasteiger partial charge in [-0.2, -0.15) is 0 Å². The summed E-state index contributed by atoms with van der Waals surface area (Å²) in [4.78, 5) is 19.3. The molecule has 30 heavy (non-hydrogen) atoms. The molecule has 154 valence electrons. The minimum atomic E-state index is -0.468. The number of anilines is 1. The van der Waals surface area contributed by atoms with Crippen LogP contribution in [0, 0.1) is 0 Å². The van der Waals surface area contributed by atoms with Crippen molar-refractivity contribution >= 4 is 43.6 Å². The number of thiazole rings is 1. The lowest BCUT2D eigenvalue weighted by Crippen LogP contribution is -2.53. The quantitative estimate of drug-likeness (QED) is 0.422. The van der Waals surface area contributed by atoms with E-state index in [2.05, 4.69) is 9.88 Å². The van der Waals surface area contributed by atoms with Crippen molar-refractivity contribution in [3.8, 4) is 11.5 Å². The molecule has 8 heteroatoms. The number of fused-ring (bicyclic) bond motifs is 2. The largest absolute Gasteiger partial charge is 0.494 e. The second kappa shape index (κ2) is 7.53. The molecule has 2 aromatic carbocycles. The van der Waals surface area contributed by atoms with Crippen LogP contribution >= 0.6 is 11.3 Å². The van der Waals surface area contributed by atoms with Gasteiger partial charge in [-0.25, -0.2) is 9.78 Å². The van der Waals surface area contributed by atoms with Gasteiger partial charge in [0.25, 0.3) is 0 Å². The molecule has 0 unspecified atom stereocenters. The van der Waals surface area contributed by atoms with Crippen molar-refractivity contribution < 1.29 is 23.4 Å². The van der Waals surface area contributed by atoms with Crippen molar-refractivity contribution in [2.45, 2.75) is 13.0 Å². The van der Waals surface area contributed by atoms with Crippen molar-refractivity contribution in [1.29, 1.82) is 0 Å². The van der Waals surface area contributed by atoms with Crippen molar-refractivity contribution in [1.82, 2.24) is 4.98 Å². The topological polar surface area (TPSA) is 74.0 Å². The summed E-state index contributed by atoms with van der Waals surface area (Å²) < 4.78 is 23.3. The Morgan fingerprint density at radius 1 is 1.23 bits per heavy atom. The molecule has 0 atom stereocenters. The summed E-state index contributed by atoms with van der Waals surface area (Å²) in [6, 6.07) is 13.1. The van der Waals surface area contributed by atoms with Crippen LogP contribution in [0.1, 0.15) is 17.5 Å². The molecule has 0 radical (unpaired) electrons. The Morgan fingerprint density at radius 3 is 2.83 bits per heavy atom. The molecule has 7 nitrogen and oxygen atoms in total. The fourth-order valence-electron chi connectivity index (χ4n) is 3.50. The molecular formula is C22H20N2O5S. The SMILES string of the molecule is CCOc1cccc2cc(C(=O)OC3CN(c4nc5c(OC)cccc5s4)C3)oc12. The van der Waals surface area contributed by atoms with Crippen molar-refractivity contribution in [2.24, 2.45) is 0 Å². The highest BCUT2D eigenvalue weighted by Gasteiger charge is 2.33. The van der Waals surface area contributed by atoms with Crippen LogP contribution in [0.4, 0.5) is 5.13 Å². The van der Waals surface area contributed by atoms with Gasteiger partial charge in [0.05, 0.1) is 31.5 Å². The Hall–Kier alpha value is -3.26. The summed E-state index contributed by atoms with van der Waals surface area (Å²) in [6.45, 7) is 3.62. The maximum atomic E-state index is 12.5. The highest BCUT2D eigenvalue weighted by molar-refractivity contribution is 7.22. The number of rotatable bonds is 6. The second-order valence-electron chi connectivity index (χ2n) is 6.95. The maximum Gasteiger partial charge on any atom is 0.374 e.